The second kappa shape index (κ2) is 6.14. The van der Waals surface area contributed by atoms with Crippen LogP contribution in [0.3, 0.4) is 0 Å². The van der Waals surface area contributed by atoms with E-state index in [1.54, 1.807) is 19.1 Å². The number of ketones is 1. The van der Waals surface area contributed by atoms with Gasteiger partial charge in [0.2, 0.25) is 0 Å². The lowest BCUT2D eigenvalue weighted by Crippen LogP contribution is -2.37. The maximum atomic E-state index is 11.9. The molecular formula is C19H18O3. The Morgan fingerprint density at radius 3 is 2.32 bits per heavy atom. The fourth-order valence-electron chi connectivity index (χ4n) is 3.40. The molecule has 22 heavy (non-hydrogen) atoms. The van der Waals surface area contributed by atoms with Crippen molar-refractivity contribution < 1.29 is 14.3 Å². The Balaban J connectivity index is 1.88. The van der Waals surface area contributed by atoms with Gasteiger partial charge < -0.3 is 4.74 Å². The quantitative estimate of drug-likeness (QED) is 0.790. The first kappa shape index (κ1) is 14.5. The summed E-state index contributed by atoms with van der Waals surface area (Å²) in [5.41, 5.74) is 2.40. The zero-order chi connectivity index (χ0) is 15.5. The van der Waals surface area contributed by atoms with Crippen LogP contribution in [0.4, 0.5) is 0 Å². The first-order valence-corrected chi connectivity index (χ1v) is 7.46. The predicted octanol–water partition coefficient (Wildman–Crippen LogP) is 3.70. The normalized spacial score (nSPS) is 23.4. The van der Waals surface area contributed by atoms with Crippen molar-refractivity contribution in [3.63, 3.8) is 0 Å². The van der Waals surface area contributed by atoms with Crippen LogP contribution in [-0.4, -0.2) is 12.3 Å². The smallest absolute Gasteiger partial charge is 0.298 e. The van der Waals surface area contributed by atoms with Crippen molar-refractivity contribution in [1.82, 2.24) is 0 Å². The molecule has 1 fully saturated rings. The van der Waals surface area contributed by atoms with Crippen molar-refractivity contribution in [1.29, 1.82) is 0 Å². The molecule has 0 N–H and O–H groups in total. The van der Waals surface area contributed by atoms with Gasteiger partial charge in [-0.25, -0.2) is 0 Å². The lowest BCUT2D eigenvalue weighted by molar-refractivity contribution is -0.124. The Morgan fingerprint density at radius 2 is 1.73 bits per heavy atom. The standard InChI is InChI=1S/C19H18O3/c1-13(21)17-11-18(14-5-3-2-4-6-14)19(17)15-7-9-16(10-8-15)22-12-20/h2-10,12,17-19H,11H2,1H3. The zero-order valence-corrected chi connectivity index (χ0v) is 12.4. The molecule has 0 radical (unpaired) electrons. The van der Waals surface area contributed by atoms with Crippen LogP contribution in [-0.2, 0) is 9.59 Å². The molecule has 0 aliphatic heterocycles. The molecule has 1 aliphatic rings. The number of hydrogen-bond donors (Lipinski definition) is 0. The van der Waals surface area contributed by atoms with Gasteiger partial charge in [0.25, 0.3) is 6.47 Å². The minimum Gasteiger partial charge on any atom is -0.429 e. The lowest BCUT2D eigenvalue weighted by Gasteiger charge is -2.44. The minimum atomic E-state index is 0.0723. The van der Waals surface area contributed by atoms with Crippen LogP contribution in [0.2, 0.25) is 0 Å². The minimum absolute atomic E-state index is 0.0723. The van der Waals surface area contributed by atoms with Gasteiger partial charge in [-0.1, -0.05) is 42.5 Å². The summed E-state index contributed by atoms with van der Waals surface area (Å²) in [7, 11) is 0. The predicted molar refractivity (Wildman–Crippen MR) is 83.8 cm³/mol. The first-order chi connectivity index (χ1) is 10.7. The number of rotatable bonds is 5. The summed E-state index contributed by atoms with van der Waals surface area (Å²) < 4.78 is 4.83. The zero-order valence-electron chi connectivity index (χ0n) is 12.4. The van der Waals surface area contributed by atoms with Crippen molar-refractivity contribution >= 4 is 12.3 Å². The van der Waals surface area contributed by atoms with Crippen LogP contribution in [0.25, 0.3) is 0 Å². The second-order valence-corrected chi connectivity index (χ2v) is 5.78. The molecule has 0 bridgehead atoms. The van der Waals surface area contributed by atoms with Crippen LogP contribution in [0.15, 0.2) is 54.6 Å². The van der Waals surface area contributed by atoms with Gasteiger partial charge in [0.05, 0.1) is 0 Å². The highest BCUT2D eigenvalue weighted by Gasteiger charge is 2.44. The number of hydrogen-bond acceptors (Lipinski definition) is 3. The van der Waals surface area contributed by atoms with Crippen LogP contribution < -0.4 is 4.74 Å². The van der Waals surface area contributed by atoms with Crippen LogP contribution in [0.1, 0.15) is 36.3 Å². The van der Waals surface area contributed by atoms with E-state index in [1.807, 2.05) is 30.3 Å². The average molecular weight is 294 g/mol. The summed E-state index contributed by atoms with van der Waals surface area (Å²) in [4.78, 5) is 22.3. The number of carbonyl (C=O) groups excluding carboxylic acids is 2. The van der Waals surface area contributed by atoms with Gasteiger partial charge in [-0.05, 0) is 42.5 Å². The monoisotopic (exact) mass is 294 g/mol. The molecule has 3 rings (SSSR count). The maximum Gasteiger partial charge on any atom is 0.298 e. The molecule has 0 heterocycles. The summed E-state index contributed by atoms with van der Waals surface area (Å²) in [5.74, 6) is 1.40. The summed E-state index contributed by atoms with van der Waals surface area (Å²) >= 11 is 0. The van der Waals surface area contributed by atoms with E-state index in [2.05, 4.69) is 12.1 Å². The Kier molecular flexibility index (Phi) is 4.05. The molecule has 1 saturated carbocycles. The van der Waals surface area contributed by atoms with Gasteiger partial charge in [-0.2, -0.15) is 0 Å². The third kappa shape index (κ3) is 2.67. The van der Waals surface area contributed by atoms with Gasteiger partial charge >= 0.3 is 0 Å². The van der Waals surface area contributed by atoms with Crippen molar-refractivity contribution in [2.45, 2.75) is 25.2 Å². The first-order valence-electron chi connectivity index (χ1n) is 7.46. The number of carbonyl (C=O) groups is 2. The molecule has 112 valence electrons. The van der Waals surface area contributed by atoms with Gasteiger partial charge in [0, 0.05) is 11.8 Å². The van der Waals surface area contributed by atoms with Gasteiger partial charge in [0.15, 0.2) is 0 Å². The van der Waals surface area contributed by atoms with E-state index in [0.29, 0.717) is 18.1 Å². The molecule has 0 saturated heterocycles. The van der Waals surface area contributed by atoms with Crippen molar-refractivity contribution in [3.05, 3.63) is 65.7 Å². The average Bonchev–Trinajstić information content (AvgIpc) is 2.49. The molecule has 2 aromatic rings. The van der Waals surface area contributed by atoms with Gasteiger partial charge in [0.1, 0.15) is 11.5 Å². The Bertz CT molecular complexity index is 661. The van der Waals surface area contributed by atoms with E-state index in [-0.39, 0.29) is 17.6 Å². The summed E-state index contributed by atoms with van der Waals surface area (Å²) in [5, 5.41) is 0. The van der Waals surface area contributed by atoms with Gasteiger partial charge in [-0.3, -0.25) is 9.59 Å². The maximum absolute atomic E-state index is 11.9. The van der Waals surface area contributed by atoms with Crippen molar-refractivity contribution in [2.24, 2.45) is 5.92 Å². The van der Waals surface area contributed by atoms with Crippen molar-refractivity contribution in [3.8, 4) is 5.75 Å². The Morgan fingerprint density at radius 1 is 1.05 bits per heavy atom. The van der Waals surface area contributed by atoms with E-state index in [1.165, 1.54) is 5.56 Å². The molecule has 3 heteroatoms. The van der Waals surface area contributed by atoms with E-state index in [0.717, 1.165) is 12.0 Å². The number of Topliss-reactive ketones (excluding diaryl/α,β-unsaturated/α-hetero) is 1. The van der Waals surface area contributed by atoms with E-state index in [9.17, 15) is 9.59 Å². The highest BCUT2D eigenvalue weighted by atomic mass is 16.5. The molecule has 0 spiro atoms. The SMILES string of the molecule is CC(=O)C1CC(c2ccccc2)C1c1ccc(OC=O)cc1. The molecule has 0 aromatic heterocycles. The number of ether oxygens (including phenoxy) is 1. The Hall–Kier alpha value is -2.42. The van der Waals surface area contributed by atoms with Gasteiger partial charge in [-0.15, -0.1) is 0 Å². The summed E-state index contributed by atoms with van der Waals surface area (Å²) in [6.07, 6.45) is 0.899. The summed E-state index contributed by atoms with van der Waals surface area (Å²) in [6, 6.07) is 17.8. The van der Waals surface area contributed by atoms with Crippen molar-refractivity contribution in [2.75, 3.05) is 0 Å². The fraction of sp³-hybridized carbons (Fsp3) is 0.263. The Labute approximate surface area is 129 Å². The third-order valence-electron chi connectivity index (χ3n) is 4.57. The molecule has 3 unspecified atom stereocenters. The lowest BCUT2D eigenvalue weighted by atomic mass is 9.58. The van der Waals surface area contributed by atoms with E-state index < -0.39 is 0 Å². The van der Waals surface area contributed by atoms with E-state index in [4.69, 9.17) is 4.74 Å². The fourth-order valence-corrected chi connectivity index (χ4v) is 3.40. The molecule has 3 nitrogen and oxygen atoms in total. The highest BCUT2D eigenvalue weighted by molar-refractivity contribution is 5.81. The topological polar surface area (TPSA) is 43.4 Å². The second-order valence-electron chi connectivity index (χ2n) is 5.78. The highest BCUT2D eigenvalue weighted by Crippen LogP contribution is 2.53. The summed E-state index contributed by atoms with van der Waals surface area (Å²) in [6.45, 7) is 2.09. The van der Waals surface area contributed by atoms with Crippen LogP contribution in [0.5, 0.6) is 5.75 Å². The molecule has 1 aliphatic carbocycles. The third-order valence-corrected chi connectivity index (χ3v) is 4.57. The van der Waals surface area contributed by atoms with E-state index >= 15 is 0 Å². The molecule has 0 amide bonds. The van der Waals surface area contributed by atoms with Crippen LogP contribution >= 0.6 is 0 Å². The molecule has 3 atom stereocenters. The van der Waals surface area contributed by atoms with Crippen LogP contribution in [0, 0.1) is 5.92 Å². The molecule has 2 aromatic carbocycles. The number of benzene rings is 2. The largest absolute Gasteiger partial charge is 0.429 e. The molecular weight excluding hydrogens is 276 g/mol.